The fraction of sp³-hybridized carbons (Fsp3) is 0.600. The second-order valence-corrected chi connectivity index (χ2v) is 5.39. The fourth-order valence-corrected chi connectivity index (χ4v) is 3.00. The van der Waals surface area contributed by atoms with Crippen molar-refractivity contribution in [3.63, 3.8) is 0 Å². The van der Waals surface area contributed by atoms with E-state index in [1.165, 1.54) is 43.3 Å². The first-order valence-corrected chi connectivity index (χ1v) is 6.57. The Kier molecular flexibility index (Phi) is 3.72. The molecule has 0 aromatic rings. The third-order valence-corrected chi connectivity index (χ3v) is 3.84. The zero-order valence-electron chi connectivity index (χ0n) is 11.2. The Balaban J connectivity index is 2.41. The predicted molar refractivity (Wildman–Crippen MR) is 72.1 cm³/mol. The van der Waals surface area contributed by atoms with Crippen LogP contribution in [0.15, 0.2) is 34.6 Å². The van der Waals surface area contributed by atoms with Crippen LogP contribution in [0.1, 0.15) is 39.0 Å². The van der Waals surface area contributed by atoms with E-state index in [-0.39, 0.29) is 6.04 Å². The van der Waals surface area contributed by atoms with Crippen molar-refractivity contribution >= 4 is 0 Å². The van der Waals surface area contributed by atoms with E-state index in [4.69, 9.17) is 0 Å². The molecule has 17 heavy (non-hydrogen) atoms. The zero-order chi connectivity index (χ0) is 12.4. The maximum absolute atomic E-state index is 10.1. The van der Waals surface area contributed by atoms with Gasteiger partial charge in [-0.05, 0) is 63.9 Å². The van der Waals surface area contributed by atoms with Crippen molar-refractivity contribution in [2.24, 2.45) is 0 Å². The number of likely N-dealkylation sites (N-methyl/N-ethyl adjacent to an activating group) is 1. The highest BCUT2D eigenvalue weighted by atomic mass is 16.3. The highest BCUT2D eigenvalue weighted by molar-refractivity contribution is 5.48. The van der Waals surface area contributed by atoms with Crippen molar-refractivity contribution in [2.75, 3.05) is 14.1 Å². The van der Waals surface area contributed by atoms with Crippen molar-refractivity contribution in [3.05, 3.63) is 34.6 Å². The minimum Gasteiger partial charge on any atom is -0.510 e. The van der Waals surface area contributed by atoms with Gasteiger partial charge in [-0.2, -0.15) is 0 Å². The minimum absolute atomic E-state index is 0.0631. The van der Waals surface area contributed by atoms with Crippen molar-refractivity contribution in [2.45, 2.75) is 45.1 Å². The summed E-state index contributed by atoms with van der Waals surface area (Å²) in [5.74, 6) is 0.480. The van der Waals surface area contributed by atoms with Gasteiger partial charge >= 0.3 is 0 Å². The Hall–Kier alpha value is -1.02. The van der Waals surface area contributed by atoms with Gasteiger partial charge in [0.1, 0.15) is 5.76 Å². The highest BCUT2D eigenvalue weighted by Gasteiger charge is 2.27. The molecule has 2 heteroatoms. The molecule has 94 valence electrons. The lowest BCUT2D eigenvalue weighted by Gasteiger charge is -2.33. The first-order chi connectivity index (χ1) is 8.11. The smallest absolute Gasteiger partial charge is 0.114 e. The van der Waals surface area contributed by atoms with Gasteiger partial charge in [0.25, 0.3) is 0 Å². The monoisotopic (exact) mass is 233 g/mol. The molecule has 0 radical (unpaired) electrons. The van der Waals surface area contributed by atoms with Gasteiger partial charge < -0.3 is 5.11 Å². The molecule has 0 saturated heterocycles. The lowest BCUT2D eigenvalue weighted by atomic mass is 9.82. The molecule has 0 spiro atoms. The topological polar surface area (TPSA) is 23.5 Å². The summed E-state index contributed by atoms with van der Waals surface area (Å²) in [6, 6.07) is 0.0631. The maximum Gasteiger partial charge on any atom is 0.114 e. The summed E-state index contributed by atoms with van der Waals surface area (Å²) in [7, 11) is 4.08. The second kappa shape index (κ2) is 5.09. The minimum atomic E-state index is 0.0631. The van der Waals surface area contributed by atoms with Crippen molar-refractivity contribution in [1.29, 1.82) is 0 Å². The molecule has 2 aliphatic rings. The van der Waals surface area contributed by atoms with Crippen LogP contribution in [0.3, 0.4) is 0 Å². The summed E-state index contributed by atoms with van der Waals surface area (Å²) < 4.78 is 0. The summed E-state index contributed by atoms with van der Waals surface area (Å²) >= 11 is 0. The van der Waals surface area contributed by atoms with Crippen LogP contribution in [0, 0.1) is 0 Å². The van der Waals surface area contributed by atoms with Gasteiger partial charge in [-0.15, -0.1) is 0 Å². The van der Waals surface area contributed by atoms with Crippen LogP contribution in [-0.4, -0.2) is 30.1 Å². The zero-order valence-corrected chi connectivity index (χ0v) is 11.2. The Morgan fingerprint density at radius 1 is 1.12 bits per heavy atom. The summed E-state index contributed by atoms with van der Waals surface area (Å²) in [5.41, 5.74) is 4.25. The average molecular weight is 233 g/mol. The number of aliphatic hydroxyl groups is 1. The number of aliphatic hydroxyl groups excluding tert-OH is 1. The largest absolute Gasteiger partial charge is 0.510 e. The standard InChI is InChI=1S/C15H23NO/c1-11-9-10-13(17)15(16(2)3)14(11)12-7-5-4-6-8-12/h9-10,15,17H,4-8H2,1-3H3. The highest BCUT2D eigenvalue weighted by Crippen LogP contribution is 2.35. The molecule has 0 bridgehead atoms. The number of hydrogen-bond acceptors (Lipinski definition) is 2. The first-order valence-electron chi connectivity index (χ1n) is 6.57. The Labute approximate surface area is 104 Å². The van der Waals surface area contributed by atoms with Crippen LogP contribution in [0.4, 0.5) is 0 Å². The molecular formula is C15H23NO. The van der Waals surface area contributed by atoms with E-state index in [1.54, 1.807) is 5.57 Å². The molecule has 2 aliphatic carbocycles. The normalized spacial score (nSPS) is 26.0. The molecule has 2 rings (SSSR count). The fourth-order valence-electron chi connectivity index (χ4n) is 3.00. The third-order valence-electron chi connectivity index (χ3n) is 3.84. The van der Waals surface area contributed by atoms with E-state index >= 15 is 0 Å². The lowest BCUT2D eigenvalue weighted by Crippen LogP contribution is -2.34. The van der Waals surface area contributed by atoms with Gasteiger partial charge in [-0.25, -0.2) is 0 Å². The predicted octanol–water partition coefficient (Wildman–Crippen LogP) is 3.58. The Bertz CT molecular complexity index is 380. The SMILES string of the molecule is CC1=CC=C(O)C(N(C)C)C1=C1CCCCC1. The molecule has 0 heterocycles. The van der Waals surface area contributed by atoms with Gasteiger partial charge in [0, 0.05) is 0 Å². The van der Waals surface area contributed by atoms with E-state index in [1.807, 2.05) is 26.2 Å². The Morgan fingerprint density at radius 3 is 2.35 bits per heavy atom. The van der Waals surface area contributed by atoms with E-state index in [0.29, 0.717) is 5.76 Å². The van der Waals surface area contributed by atoms with Gasteiger partial charge in [0.15, 0.2) is 0 Å². The van der Waals surface area contributed by atoms with Gasteiger partial charge in [-0.1, -0.05) is 18.1 Å². The summed E-state index contributed by atoms with van der Waals surface area (Å²) in [5, 5.41) is 10.1. The van der Waals surface area contributed by atoms with Gasteiger partial charge in [-0.3, -0.25) is 4.90 Å². The number of hydrogen-bond donors (Lipinski definition) is 1. The van der Waals surface area contributed by atoms with Crippen LogP contribution >= 0.6 is 0 Å². The van der Waals surface area contributed by atoms with Crippen LogP contribution in [0.25, 0.3) is 0 Å². The molecular weight excluding hydrogens is 210 g/mol. The number of nitrogens with zero attached hydrogens (tertiary/aromatic N) is 1. The summed E-state index contributed by atoms with van der Waals surface area (Å²) in [4.78, 5) is 2.11. The third kappa shape index (κ3) is 2.47. The molecule has 0 aromatic carbocycles. The van der Waals surface area contributed by atoms with Crippen molar-refractivity contribution < 1.29 is 5.11 Å². The van der Waals surface area contributed by atoms with Crippen molar-refractivity contribution in [3.8, 4) is 0 Å². The molecule has 1 atom stereocenters. The molecule has 1 fully saturated rings. The first kappa shape index (κ1) is 12.4. The van der Waals surface area contributed by atoms with E-state index in [2.05, 4.69) is 11.8 Å². The summed E-state index contributed by atoms with van der Waals surface area (Å²) in [6.07, 6.45) is 10.3. The lowest BCUT2D eigenvalue weighted by molar-refractivity contribution is 0.265. The average Bonchev–Trinajstić information content (AvgIpc) is 2.32. The maximum atomic E-state index is 10.1. The van der Waals surface area contributed by atoms with Crippen LogP contribution in [0.2, 0.25) is 0 Å². The van der Waals surface area contributed by atoms with Crippen LogP contribution in [-0.2, 0) is 0 Å². The Morgan fingerprint density at radius 2 is 1.76 bits per heavy atom. The van der Waals surface area contributed by atoms with Crippen LogP contribution in [0.5, 0.6) is 0 Å². The molecule has 1 N–H and O–H groups in total. The molecule has 0 amide bonds. The number of allylic oxidation sites excluding steroid dienone is 3. The van der Waals surface area contributed by atoms with E-state index in [0.717, 1.165) is 0 Å². The quantitative estimate of drug-likeness (QED) is 0.748. The number of rotatable bonds is 1. The van der Waals surface area contributed by atoms with Crippen molar-refractivity contribution in [1.82, 2.24) is 4.90 Å². The molecule has 0 aliphatic heterocycles. The molecule has 2 nitrogen and oxygen atoms in total. The van der Waals surface area contributed by atoms with Gasteiger partial charge in [0.05, 0.1) is 6.04 Å². The summed E-state index contributed by atoms with van der Waals surface area (Å²) in [6.45, 7) is 2.16. The van der Waals surface area contributed by atoms with Gasteiger partial charge in [0.2, 0.25) is 0 Å². The van der Waals surface area contributed by atoms with E-state index in [9.17, 15) is 5.11 Å². The van der Waals surface area contributed by atoms with E-state index < -0.39 is 0 Å². The second-order valence-electron chi connectivity index (χ2n) is 5.39. The molecule has 0 aromatic heterocycles. The molecule has 1 unspecified atom stereocenters. The van der Waals surface area contributed by atoms with Crippen LogP contribution < -0.4 is 0 Å². The molecule has 1 saturated carbocycles.